The van der Waals surface area contributed by atoms with Gasteiger partial charge >= 0.3 is 6.61 Å². The van der Waals surface area contributed by atoms with E-state index >= 15 is 0 Å². The molecule has 1 saturated heterocycles. The van der Waals surface area contributed by atoms with Gasteiger partial charge in [0.1, 0.15) is 5.75 Å². The lowest BCUT2D eigenvalue weighted by Crippen LogP contribution is -2.44. The second kappa shape index (κ2) is 6.85. The van der Waals surface area contributed by atoms with Crippen LogP contribution in [0, 0.1) is 5.41 Å². The van der Waals surface area contributed by atoms with Gasteiger partial charge in [0.25, 0.3) is 0 Å². The van der Waals surface area contributed by atoms with Gasteiger partial charge in [-0.25, -0.2) is 0 Å². The van der Waals surface area contributed by atoms with Crippen molar-refractivity contribution >= 4 is 11.6 Å². The molecule has 1 aromatic rings. The maximum atomic E-state index is 12.5. The van der Waals surface area contributed by atoms with E-state index in [9.17, 15) is 13.6 Å². The Labute approximate surface area is 122 Å². The average molecular weight is 298 g/mol. The Morgan fingerprint density at radius 3 is 2.76 bits per heavy atom. The highest BCUT2D eigenvalue weighted by atomic mass is 19.3. The molecule has 0 aromatic heterocycles. The van der Waals surface area contributed by atoms with Gasteiger partial charge in [0.15, 0.2) is 0 Å². The van der Waals surface area contributed by atoms with Crippen molar-refractivity contribution in [2.24, 2.45) is 5.41 Å². The third-order valence-electron chi connectivity index (χ3n) is 4.04. The number of nitrogens with one attached hydrogen (secondary N) is 2. The van der Waals surface area contributed by atoms with Gasteiger partial charge in [-0.3, -0.25) is 4.79 Å². The molecule has 1 aromatic carbocycles. The molecule has 1 fully saturated rings. The number of carbonyl (C=O) groups is 1. The first-order chi connectivity index (χ1) is 10.1. The van der Waals surface area contributed by atoms with Crippen LogP contribution in [-0.2, 0) is 4.79 Å². The van der Waals surface area contributed by atoms with E-state index in [0.29, 0.717) is 5.69 Å². The molecule has 0 unspecified atom stereocenters. The van der Waals surface area contributed by atoms with Gasteiger partial charge < -0.3 is 15.4 Å². The van der Waals surface area contributed by atoms with Gasteiger partial charge in [0.2, 0.25) is 5.91 Å². The van der Waals surface area contributed by atoms with E-state index in [1.165, 1.54) is 12.1 Å². The van der Waals surface area contributed by atoms with Gasteiger partial charge in [-0.05, 0) is 44.5 Å². The number of rotatable bonds is 5. The molecule has 21 heavy (non-hydrogen) atoms. The molecule has 1 amide bonds. The second-order valence-corrected chi connectivity index (χ2v) is 5.24. The maximum absolute atomic E-state index is 12.5. The van der Waals surface area contributed by atoms with Crippen molar-refractivity contribution in [3.05, 3.63) is 24.3 Å². The summed E-state index contributed by atoms with van der Waals surface area (Å²) in [5.74, 6) is -0.0145. The normalized spacial score (nSPS) is 17.5. The van der Waals surface area contributed by atoms with Crippen LogP contribution >= 0.6 is 0 Å². The number of alkyl halides is 2. The summed E-state index contributed by atoms with van der Waals surface area (Å²) in [6, 6.07) is 6.09. The highest BCUT2D eigenvalue weighted by Gasteiger charge is 2.37. The maximum Gasteiger partial charge on any atom is 0.387 e. The molecule has 0 atom stereocenters. The summed E-state index contributed by atoms with van der Waals surface area (Å²) in [6.45, 7) is 0.759. The molecule has 2 N–H and O–H groups in total. The molecule has 4 nitrogen and oxygen atoms in total. The van der Waals surface area contributed by atoms with Crippen LogP contribution in [0.15, 0.2) is 24.3 Å². The number of halogens is 2. The minimum atomic E-state index is -2.87. The monoisotopic (exact) mass is 298 g/mol. The standard InChI is InChI=1S/C15H20F2N2O2/c1-2-15(6-8-18-9-7-15)13(20)19-11-4-3-5-12(10-11)21-14(16)17/h3-5,10,14,18H,2,6-9H2,1H3,(H,19,20). The fourth-order valence-electron chi connectivity index (χ4n) is 2.66. The van der Waals surface area contributed by atoms with Crippen LogP contribution in [0.2, 0.25) is 0 Å². The van der Waals surface area contributed by atoms with E-state index in [1.54, 1.807) is 12.1 Å². The van der Waals surface area contributed by atoms with Gasteiger partial charge in [-0.2, -0.15) is 8.78 Å². The van der Waals surface area contributed by atoms with Crippen LogP contribution in [0.1, 0.15) is 26.2 Å². The Kier molecular flexibility index (Phi) is 5.12. The molecule has 0 saturated carbocycles. The fraction of sp³-hybridized carbons (Fsp3) is 0.533. The third-order valence-corrected chi connectivity index (χ3v) is 4.04. The third kappa shape index (κ3) is 3.91. The lowest BCUT2D eigenvalue weighted by Gasteiger charge is -2.35. The Morgan fingerprint density at radius 2 is 2.14 bits per heavy atom. The molecular weight excluding hydrogens is 278 g/mol. The Hall–Kier alpha value is -1.69. The van der Waals surface area contributed by atoms with E-state index < -0.39 is 6.61 Å². The van der Waals surface area contributed by atoms with Crippen LogP contribution in [-0.4, -0.2) is 25.6 Å². The lowest BCUT2D eigenvalue weighted by atomic mass is 9.76. The zero-order valence-electron chi connectivity index (χ0n) is 12.0. The molecule has 1 aliphatic heterocycles. The fourth-order valence-corrected chi connectivity index (χ4v) is 2.66. The van der Waals surface area contributed by atoms with E-state index in [2.05, 4.69) is 15.4 Å². The van der Waals surface area contributed by atoms with E-state index in [4.69, 9.17) is 0 Å². The highest BCUT2D eigenvalue weighted by Crippen LogP contribution is 2.34. The highest BCUT2D eigenvalue weighted by molar-refractivity contribution is 5.95. The van der Waals surface area contributed by atoms with Crippen LogP contribution in [0.25, 0.3) is 0 Å². The van der Waals surface area contributed by atoms with Crippen LogP contribution in [0.3, 0.4) is 0 Å². The molecule has 116 valence electrons. The molecular formula is C15H20F2N2O2. The van der Waals surface area contributed by atoms with E-state index in [1.807, 2.05) is 6.92 Å². The smallest absolute Gasteiger partial charge is 0.387 e. The predicted molar refractivity (Wildman–Crippen MR) is 76.5 cm³/mol. The van der Waals surface area contributed by atoms with Crippen LogP contribution in [0.5, 0.6) is 5.75 Å². The lowest BCUT2D eigenvalue weighted by molar-refractivity contribution is -0.127. The van der Waals surface area contributed by atoms with Crippen molar-refractivity contribution in [3.63, 3.8) is 0 Å². The topological polar surface area (TPSA) is 50.4 Å². The number of hydrogen-bond acceptors (Lipinski definition) is 3. The number of anilines is 1. The zero-order chi connectivity index (χ0) is 15.3. The van der Waals surface area contributed by atoms with Gasteiger partial charge in [-0.15, -0.1) is 0 Å². The van der Waals surface area contributed by atoms with Crippen molar-refractivity contribution in [3.8, 4) is 5.75 Å². The predicted octanol–water partition coefficient (Wildman–Crippen LogP) is 3.01. The summed E-state index contributed by atoms with van der Waals surface area (Å²) >= 11 is 0. The van der Waals surface area contributed by atoms with Gasteiger partial charge in [0, 0.05) is 11.8 Å². The Bertz CT molecular complexity index is 488. The van der Waals surface area contributed by atoms with E-state index in [-0.39, 0.29) is 17.1 Å². The summed E-state index contributed by atoms with van der Waals surface area (Å²) in [4.78, 5) is 12.5. The minimum Gasteiger partial charge on any atom is -0.435 e. The first-order valence-corrected chi connectivity index (χ1v) is 7.13. The number of carbonyl (C=O) groups excluding carboxylic acids is 1. The van der Waals surface area contributed by atoms with Crippen molar-refractivity contribution in [1.82, 2.24) is 5.32 Å². The number of amides is 1. The number of ether oxygens (including phenoxy) is 1. The Balaban J connectivity index is 2.07. The molecule has 0 spiro atoms. The largest absolute Gasteiger partial charge is 0.435 e. The quantitative estimate of drug-likeness (QED) is 0.878. The second-order valence-electron chi connectivity index (χ2n) is 5.24. The van der Waals surface area contributed by atoms with Crippen molar-refractivity contribution in [2.75, 3.05) is 18.4 Å². The van der Waals surface area contributed by atoms with Gasteiger partial charge in [-0.1, -0.05) is 13.0 Å². The van der Waals surface area contributed by atoms with Crippen LogP contribution in [0.4, 0.5) is 14.5 Å². The number of hydrogen-bond donors (Lipinski definition) is 2. The summed E-state index contributed by atoms with van der Waals surface area (Å²) in [5.41, 5.74) is 0.0923. The van der Waals surface area contributed by atoms with Crippen molar-refractivity contribution < 1.29 is 18.3 Å². The van der Waals surface area contributed by atoms with Crippen molar-refractivity contribution in [2.45, 2.75) is 32.8 Å². The summed E-state index contributed by atoms with van der Waals surface area (Å²) in [7, 11) is 0. The SMILES string of the molecule is CCC1(C(=O)Nc2cccc(OC(F)F)c2)CCNCC1. The minimum absolute atomic E-state index is 0.0404. The molecule has 0 bridgehead atoms. The molecule has 0 radical (unpaired) electrons. The van der Waals surface area contributed by atoms with Crippen molar-refractivity contribution in [1.29, 1.82) is 0 Å². The summed E-state index contributed by atoms with van der Waals surface area (Å²) in [6.07, 6.45) is 2.32. The molecule has 0 aliphatic carbocycles. The Morgan fingerprint density at radius 1 is 1.43 bits per heavy atom. The summed E-state index contributed by atoms with van der Waals surface area (Å²) < 4.78 is 28.7. The number of benzene rings is 1. The molecule has 6 heteroatoms. The molecule has 2 rings (SSSR count). The average Bonchev–Trinajstić information content (AvgIpc) is 2.47. The zero-order valence-corrected chi connectivity index (χ0v) is 12.0. The summed E-state index contributed by atoms with van der Waals surface area (Å²) in [5, 5.41) is 6.07. The molecule has 1 heterocycles. The molecule has 1 aliphatic rings. The number of piperidine rings is 1. The van der Waals surface area contributed by atoms with Crippen LogP contribution < -0.4 is 15.4 Å². The first-order valence-electron chi connectivity index (χ1n) is 7.13. The first kappa shape index (κ1) is 15.7. The van der Waals surface area contributed by atoms with Gasteiger partial charge in [0.05, 0.1) is 5.41 Å². The van der Waals surface area contributed by atoms with E-state index in [0.717, 1.165) is 32.4 Å².